The number of para-hydroxylation sites is 1. The van der Waals surface area contributed by atoms with Crippen LogP contribution in [0, 0.1) is 0 Å². The second-order valence-corrected chi connectivity index (χ2v) is 5.50. The lowest BCUT2D eigenvalue weighted by Crippen LogP contribution is -2.49. The third-order valence-electron chi connectivity index (χ3n) is 3.74. The maximum absolute atomic E-state index is 12.5. The van der Waals surface area contributed by atoms with Crippen LogP contribution in [0.3, 0.4) is 0 Å². The standard InChI is InChI=1S/C16H23N3O2.ClH/c1-2-6-15(20)18-12-7-5-10-19(11-12)16(21)13-8-3-4-9-14(13)17;/h3-4,8-9,12H,2,5-7,10-11,17H2,1H3,(H,18,20);1H. The molecule has 1 heterocycles. The van der Waals surface area contributed by atoms with Crippen molar-refractivity contribution in [3.8, 4) is 0 Å². The highest BCUT2D eigenvalue weighted by atomic mass is 35.5. The highest BCUT2D eigenvalue weighted by Gasteiger charge is 2.26. The van der Waals surface area contributed by atoms with E-state index in [2.05, 4.69) is 5.32 Å². The van der Waals surface area contributed by atoms with Crippen molar-refractivity contribution in [2.75, 3.05) is 18.8 Å². The van der Waals surface area contributed by atoms with Crippen LogP contribution in [0.5, 0.6) is 0 Å². The molecule has 1 fully saturated rings. The number of anilines is 1. The zero-order valence-corrected chi connectivity index (χ0v) is 13.7. The molecule has 0 aromatic heterocycles. The number of carbonyl (C=O) groups excluding carboxylic acids is 2. The number of nitrogens with zero attached hydrogens (tertiary/aromatic N) is 1. The largest absolute Gasteiger partial charge is 0.398 e. The molecule has 0 aliphatic carbocycles. The van der Waals surface area contributed by atoms with Crippen LogP contribution in [-0.4, -0.2) is 35.8 Å². The zero-order chi connectivity index (χ0) is 15.2. The van der Waals surface area contributed by atoms with E-state index in [0.717, 1.165) is 19.3 Å². The van der Waals surface area contributed by atoms with Crippen molar-refractivity contribution in [3.05, 3.63) is 29.8 Å². The molecule has 5 nitrogen and oxygen atoms in total. The van der Waals surface area contributed by atoms with Gasteiger partial charge < -0.3 is 16.0 Å². The van der Waals surface area contributed by atoms with E-state index >= 15 is 0 Å². The Morgan fingerprint density at radius 3 is 2.77 bits per heavy atom. The Hall–Kier alpha value is -1.75. The predicted molar refractivity (Wildman–Crippen MR) is 90.1 cm³/mol. The number of hydrogen-bond donors (Lipinski definition) is 2. The van der Waals surface area contributed by atoms with Crippen LogP contribution in [0.25, 0.3) is 0 Å². The quantitative estimate of drug-likeness (QED) is 0.833. The minimum atomic E-state index is -0.0532. The van der Waals surface area contributed by atoms with E-state index in [1.807, 2.05) is 19.1 Å². The van der Waals surface area contributed by atoms with Crippen molar-refractivity contribution in [1.82, 2.24) is 10.2 Å². The lowest BCUT2D eigenvalue weighted by atomic mass is 10.0. The summed E-state index contributed by atoms with van der Waals surface area (Å²) in [4.78, 5) is 26.0. The number of hydrogen-bond acceptors (Lipinski definition) is 3. The number of rotatable bonds is 4. The molecule has 1 aromatic carbocycles. The summed E-state index contributed by atoms with van der Waals surface area (Å²) >= 11 is 0. The fourth-order valence-corrected chi connectivity index (χ4v) is 2.67. The van der Waals surface area contributed by atoms with Gasteiger partial charge in [-0.2, -0.15) is 0 Å². The number of likely N-dealkylation sites (tertiary alicyclic amines) is 1. The maximum Gasteiger partial charge on any atom is 0.256 e. The highest BCUT2D eigenvalue weighted by molar-refractivity contribution is 5.99. The average molecular weight is 326 g/mol. The number of nitrogens with one attached hydrogen (secondary N) is 1. The van der Waals surface area contributed by atoms with E-state index in [4.69, 9.17) is 5.73 Å². The number of benzene rings is 1. The van der Waals surface area contributed by atoms with E-state index in [9.17, 15) is 9.59 Å². The van der Waals surface area contributed by atoms with Crippen molar-refractivity contribution in [1.29, 1.82) is 0 Å². The Labute approximate surface area is 137 Å². The molecule has 0 saturated carbocycles. The first-order chi connectivity index (χ1) is 10.1. The minimum absolute atomic E-state index is 0. The second kappa shape index (κ2) is 8.63. The smallest absolute Gasteiger partial charge is 0.256 e. The Balaban J connectivity index is 0.00000242. The Morgan fingerprint density at radius 2 is 2.09 bits per heavy atom. The number of amides is 2. The topological polar surface area (TPSA) is 75.4 Å². The van der Waals surface area contributed by atoms with Gasteiger partial charge >= 0.3 is 0 Å². The van der Waals surface area contributed by atoms with Gasteiger partial charge in [-0.1, -0.05) is 19.1 Å². The Kier molecular flexibility index (Phi) is 7.18. The zero-order valence-electron chi connectivity index (χ0n) is 12.9. The number of halogens is 1. The van der Waals surface area contributed by atoms with Gasteiger partial charge in [-0.25, -0.2) is 0 Å². The lowest BCUT2D eigenvalue weighted by Gasteiger charge is -2.33. The van der Waals surface area contributed by atoms with E-state index in [-0.39, 0.29) is 30.3 Å². The molecule has 1 saturated heterocycles. The van der Waals surface area contributed by atoms with Crippen LogP contribution in [0.2, 0.25) is 0 Å². The fraction of sp³-hybridized carbons (Fsp3) is 0.500. The molecule has 1 atom stereocenters. The molecular weight excluding hydrogens is 302 g/mol. The molecule has 22 heavy (non-hydrogen) atoms. The van der Waals surface area contributed by atoms with Crippen LogP contribution in [0.1, 0.15) is 43.0 Å². The second-order valence-electron chi connectivity index (χ2n) is 5.50. The lowest BCUT2D eigenvalue weighted by molar-refractivity contribution is -0.122. The summed E-state index contributed by atoms with van der Waals surface area (Å²) in [5, 5.41) is 3.01. The average Bonchev–Trinajstić information content (AvgIpc) is 2.47. The summed E-state index contributed by atoms with van der Waals surface area (Å²) in [6.45, 7) is 3.25. The van der Waals surface area contributed by atoms with Crippen LogP contribution >= 0.6 is 12.4 Å². The summed E-state index contributed by atoms with van der Waals surface area (Å²) in [6.07, 6.45) is 3.19. The van der Waals surface area contributed by atoms with Gasteiger partial charge in [-0.05, 0) is 31.4 Å². The van der Waals surface area contributed by atoms with E-state index in [0.29, 0.717) is 30.8 Å². The minimum Gasteiger partial charge on any atom is -0.398 e. The van der Waals surface area contributed by atoms with E-state index in [1.54, 1.807) is 17.0 Å². The van der Waals surface area contributed by atoms with Crippen molar-refractivity contribution >= 4 is 29.9 Å². The normalized spacial score (nSPS) is 17.5. The van der Waals surface area contributed by atoms with E-state index in [1.165, 1.54) is 0 Å². The Morgan fingerprint density at radius 1 is 1.36 bits per heavy atom. The molecule has 3 N–H and O–H groups in total. The van der Waals surface area contributed by atoms with E-state index < -0.39 is 0 Å². The van der Waals surface area contributed by atoms with Crippen molar-refractivity contribution in [2.45, 2.75) is 38.6 Å². The highest BCUT2D eigenvalue weighted by Crippen LogP contribution is 2.17. The molecule has 0 bridgehead atoms. The molecule has 0 radical (unpaired) electrons. The van der Waals surface area contributed by atoms with Crippen LogP contribution in [-0.2, 0) is 4.79 Å². The van der Waals surface area contributed by atoms with Crippen LogP contribution in [0.4, 0.5) is 5.69 Å². The number of nitrogen functional groups attached to an aromatic ring is 1. The molecule has 2 rings (SSSR count). The van der Waals surface area contributed by atoms with Gasteiger partial charge in [0.25, 0.3) is 5.91 Å². The monoisotopic (exact) mass is 325 g/mol. The first-order valence-corrected chi connectivity index (χ1v) is 7.55. The molecular formula is C16H24ClN3O2. The van der Waals surface area contributed by atoms with Gasteiger partial charge in [-0.15, -0.1) is 12.4 Å². The molecule has 1 aliphatic rings. The van der Waals surface area contributed by atoms with Crippen molar-refractivity contribution < 1.29 is 9.59 Å². The van der Waals surface area contributed by atoms with Crippen molar-refractivity contribution in [3.63, 3.8) is 0 Å². The summed E-state index contributed by atoms with van der Waals surface area (Å²) in [5.41, 5.74) is 6.91. The van der Waals surface area contributed by atoms with Crippen molar-refractivity contribution in [2.24, 2.45) is 0 Å². The molecule has 122 valence electrons. The molecule has 6 heteroatoms. The van der Waals surface area contributed by atoms with Gasteiger partial charge in [0.15, 0.2) is 0 Å². The van der Waals surface area contributed by atoms with Gasteiger partial charge in [0, 0.05) is 31.2 Å². The molecule has 1 aromatic rings. The summed E-state index contributed by atoms with van der Waals surface area (Å²) in [6, 6.07) is 7.16. The van der Waals surface area contributed by atoms with Gasteiger partial charge in [0.1, 0.15) is 0 Å². The first-order valence-electron chi connectivity index (χ1n) is 7.55. The number of nitrogens with two attached hydrogens (primary N) is 1. The Bertz CT molecular complexity index is 522. The number of piperidine rings is 1. The SMILES string of the molecule is CCCC(=O)NC1CCCN(C(=O)c2ccccc2N)C1.Cl. The summed E-state index contributed by atoms with van der Waals surface area (Å²) in [5.74, 6) is 0.0126. The van der Waals surface area contributed by atoms with Gasteiger partial charge in [-0.3, -0.25) is 9.59 Å². The van der Waals surface area contributed by atoms with Crippen LogP contribution in [0.15, 0.2) is 24.3 Å². The molecule has 1 unspecified atom stereocenters. The maximum atomic E-state index is 12.5. The summed E-state index contributed by atoms with van der Waals surface area (Å²) in [7, 11) is 0. The molecule has 1 aliphatic heterocycles. The number of carbonyl (C=O) groups is 2. The molecule has 0 spiro atoms. The van der Waals surface area contributed by atoms with Gasteiger partial charge in [0.2, 0.25) is 5.91 Å². The third-order valence-corrected chi connectivity index (χ3v) is 3.74. The fourth-order valence-electron chi connectivity index (χ4n) is 2.67. The van der Waals surface area contributed by atoms with Crippen LogP contribution < -0.4 is 11.1 Å². The predicted octanol–water partition coefficient (Wildman–Crippen LogP) is 2.21. The first kappa shape index (κ1) is 18.3. The third kappa shape index (κ3) is 4.63. The summed E-state index contributed by atoms with van der Waals surface area (Å²) < 4.78 is 0. The van der Waals surface area contributed by atoms with Gasteiger partial charge in [0.05, 0.1) is 5.56 Å². The molecule has 2 amide bonds.